The number of benzene rings is 2. The zero-order chi connectivity index (χ0) is 21.1. The number of aromatic hydroxyl groups is 1. The van der Waals surface area contributed by atoms with Crippen molar-refractivity contribution in [2.24, 2.45) is 0 Å². The first kappa shape index (κ1) is 20.0. The number of ketones is 1. The van der Waals surface area contributed by atoms with Crippen LogP contribution in [0.25, 0.3) is 0 Å². The zero-order valence-electron chi connectivity index (χ0n) is 17.0. The Morgan fingerprint density at radius 2 is 1.93 bits per heavy atom. The highest BCUT2D eigenvalue weighted by Gasteiger charge is 2.39. The third-order valence-corrected chi connectivity index (χ3v) is 5.67. The van der Waals surface area contributed by atoms with Gasteiger partial charge in [-0.25, -0.2) is 4.79 Å². The summed E-state index contributed by atoms with van der Waals surface area (Å²) in [5.74, 6) is -0.829. The Balaban J connectivity index is 1.64. The van der Waals surface area contributed by atoms with Crippen LogP contribution in [0, 0.1) is 0 Å². The molecule has 2 N–H and O–H groups in total. The van der Waals surface area contributed by atoms with Crippen LogP contribution in [0.15, 0.2) is 77.1 Å². The third kappa shape index (κ3) is 4.01. The summed E-state index contributed by atoms with van der Waals surface area (Å²) in [6, 6.07) is 16.6. The van der Waals surface area contributed by atoms with Crippen LogP contribution in [0.2, 0.25) is 0 Å². The second kappa shape index (κ2) is 8.57. The lowest BCUT2D eigenvalue weighted by molar-refractivity contribution is -0.139. The molecule has 0 amide bonds. The molecule has 0 aromatic heterocycles. The van der Waals surface area contributed by atoms with Crippen LogP contribution < -0.4 is 5.32 Å². The summed E-state index contributed by atoms with van der Waals surface area (Å²) in [5.41, 5.74) is 4.43. The van der Waals surface area contributed by atoms with E-state index in [9.17, 15) is 14.7 Å². The normalized spacial score (nSPS) is 18.7. The quantitative estimate of drug-likeness (QED) is 0.734. The number of nitrogens with one attached hydrogen (secondary N) is 1. The molecule has 4 rings (SSSR count). The topological polar surface area (TPSA) is 75.6 Å². The van der Waals surface area contributed by atoms with Crippen molar-refractivity contribution in [2.45, 2.75) is 38.5 Å². The Bertz CT molecular complexity index is 1040. The molecule has 1 unspecified atom stereocenters. The van der Waals surface area contributed by atoms with Crippen LogP contribution in [0.1, 0.15) is 43.2 Å². The maximum atomic E-state index is 13.1. The molecule has 154 valence electrons. The van der Waals surface area contributed by atoms with Crippen LogP contribution in [0.3, 0.4) is 0 Å². The van der Waals surface area contributed by atoms with Crippen molar-refractivity contribution in [3.8, 4) is 5.75 Å². The van der Waals surface area contributed by atoms with Gasteiger partial charge in [-0.1, -0.05) is 42.5 Å². The summed E-state index contributed by atoms with van der Waals surface area (Å²) in [7, 11) is 0. The molecule has 2 aromatic rings. The Morgan fingerprint density at radius 1 is 1.13 bits per heavy atom. The first-order valence-corrected chi connectivity index (χ1v) is 10.3. The lowest BCUT2D eigenvalue weighted by atomic mass is 9.75. The third-order valence-electron chi connectivity index (χ3n) is 5.67. The minimum atomic E-state index is -0.537. The number of hydrogen-bond acceptors (Lipinski definition) is 5. The van der Waals surface area contributed by atoms with Gasteiger partial charge in [-0.15, -0.1) is 0 Å². The van der Waals surface area contributed by atoms with E-state index >= 15 is 0 Å². The molecule has 30 heavy (non-hydrogen) atoms. The molecule has 0 spiro atoms. The van der Waals surface area contributed by atoms with E-state index in [0.717, 1.165) is 24.1 Å². The Kier molecular flexibility index (Phi) is 5.70. The fraction of sp³-hybridized carbons (Fsp3) is 0.280. The first-order chi connectivity index (χ1) is 14.5. The Morgan fingerprint density at radius 3 is 2.70 bits per heavy atom. The van der Waals surface area contributed by atoms with Crippen molar-refractivity contribution in [3.63, 3.8) is 0 Å². The number of ether oxygens (including phenoxy) is 1. The van der Waals surface area contributed by atoms with Gasteiger partial charge in [0.15, 0.2) is 5.78 Å². The maximum Gasteiger partial charge on any atom is 0.336 e. The van der Waals surface area contributed by atoms with Gasteiger partial charge in [0.2, 0.25) is 0 Å². The SMILES string of the molecule is CC1=C(C(=O)OCCc2ccccc2)C(c2cccc(O)c2)C2=C(CCCC2=O)N1. The molecule has 5 nitrogen and oxygen atoms in total. The van der Waals surface area contributed by atoms with Crippen molar-refractivity contribution in [3.05, 3.63) is 88.3 Å². The van der Waals surface area contributed by atoms with E-state index in [4.69, 9.17) is 4.74 Å². The van der Waals surface area contributed by atoms with Crippen LogP contribution >= 0.6 is 0 Å². The highest BCUT2D eigenvalue weighted by Crippen LogP contribution is 2.43. The molecule has 0 saturated carbocycles. The molecule has 0 saturated heterocycles. The average Bonchev–Trinajstić information content (AvgIpc) is 2.73. The molecular weight excluding hydrogens is 378 g/mol. The van der Waals surface area contributed by atoms with Gasteiger partial charge in [-0.3, -0.25) is 4.79 Å². The summed E-state index contributed by atoms with van der Waals surface area (Å²) < 4.78 is 5.62. The lowest BCUT2D eigenvalue weighted by Crippen LogP contribution is -2.34. The van der Waals surface area contributed by atoms with Crippen LogP contribution in [0.4, 0.5) is 0 Å². The van der Waals surface area contributed by atoms with Crippen molar-refractivity contribution >= 4 is 11.8 Å². The number of Topliss-reactive ketones (excluding diaryl/α,β-unsaturated/α-hetero) is 1. The molecule has 0 fully saturated rings. The number of carbonyl (C=O) groups is 2. The van der Waals surface area contributed by atoms with E-state index in [1.165, 1.54) is 0 Å². The van der Waals surface area contributed by atoms with E-state index < -0.39 is 11.9 Å². The molecule has 1 heterocycles. The Labute approximate surface area is 176 Å². The summed E-state index contributed by atoms with van der Waals surface area (Å²) in [6.45, 7) is 2.10. The van der Waals surface area contributed by atoms with Gasteiger partial charge < -0.3 is 15.2 Å². The highest BCUT2D eigenvalue weighted by molar-refractivity contribution is 6.03. The molecule has 1 aliphatic heterocycles. The van der Waals surface area contributed by atoms with Gasteiger partial charge >= 0.3 is 5.97 Å². The van der Waals surface area contributed by atoms with Gasteiger partial charge in [-0.2, -0.15) is 0 Å². The van der Waals surface area contributed by atoms with Crippen molar-refractivity contribution in [2.75, 3.05) is 6.61 Å². The van der Waals surface area contributed by atoms with Gasteiger partial charge in [0, 0.05) is 35.7 Å². The fourth-order valence-corrected chi connectivity index (χ4v) is 4.28. The van der Waals surface area contributed by atoms with Crippen molar-refractivity contribution < 1.29 is 19.4 Å². The fourth-order valence-electron chi connectivity index (χ4n) is 4.28. The molecular formula is C25H25NO4. The number of phenolic OH excluding ortho intramolecular Hbond substituents is 1. The predicted molar refractivity (Wildman–Crippen MR) is 114 cm³/mol. The minimum absolute atomic E-state index is 0.0409. The van der Waals surface area contributed by atoms with E-state index in [1.807, 2.05) is 43.3 Å². The number of hydrogen-bond donors (Lipinski definition) is 2. The summed E-state index contributed by atoms with van der Waals surface area (Å²) in [5, 5.41) is 13.3. The van der Waals surface area contributed by atoms with Gasteiger partial charge in [-0.05, 0) is 43.0 Å². The van der Waals surface area contributed by atoms with E-state index in [0.29, 0.717) is 35.2 Å². The molecule has 5 heteroatoms. The lowest BCUT2D eigenvalue weighted by Gasteiger charge is -2.34. The molecule has 1 aliphatic carbocycles. The van der Waals surface area contributed by atoms with Crippen molar-refractivity contribution in [1.29, 1.82) is 0 Å². The van der Waals surface area contributed by atoms with Crippen molar-refractivity contribution in [1.82, 2.24) is 5.32 Å². The number of carbonyl (C=O) groups excluding carboxylic acids is 2. The zero-order valence-corrected chi connectivity index (χ0v) is 17.0. The van der Waals surface area contributed by atoms with Crippen LogP contribution in [-0.2, 0) is 20.7 Å². The first-order valence-electron chi connectivity index (χ1n) is 10.3. The average molecular weight is 403 g/mol. The number of dihydropyridines is 1. The summed E-state index contributed by atoms with van der Waals surface area (Å²) in [6.07, 6.45) is 2.65. The molecule has 0 radical (unpaired) electrons. The standard InChI is InChI=1S/C25H25NO4/c1-16-22(25(29)30-14-13-17-7-3-2-4-8-17)23(18-9-5-10-19(27)15-18)24-20(26-16)11-6-12-21(24)28/h2-5,7-10,15,23,26-27H,6,11-14H2,1H3. The Hall–Kier alpha value is -3.34. The van der Waals surface area contributed by atoms with E-state index in [1.54, 1.807) is 18.2 Å². The van der Waals surface area contributed by atoms with E-state index in [2.05, 4.69) is 5.32 Å². The largest absolute Gasteiger partial charge is 0.508 e. The smallest absolute Gasteiger partial charge is 0.336 e. The summed E-state index contributed by atoms with van der Waals surface area (Å²) in [4.78, 5) is 26.0. The minimum Gasteiger partial charge on any atom is -0.508 e. The highest BCUT2D eigenvalue weighted by atomic mass is 16.5. The summed E-state index contributed by atoms with van der Waals surface area (Å²) >= 11 is 0. The van der Waals surface area contributed by atoms with E-state index in [-0.39, 0.29) is 18.1 Å². The van der Waals surface area contributed by atoms with Gasteiger partial charge in [0.1, 0.15) is 5.75 Å². The monoisotopic (exact) mass is 403 g/mol. The second-order valence-corrected chi connectivity index (χ2v) is 7.73. The number of esters is 1. The maximum absolute atomic E-state index is 13.1. The van der Waals surface area contributed by atoms with Gasteiger partial charge in [0.25, 0.3) is 0 Å². The van der Waals surface area contributed by atoms with Crippen LogP contribution in [-0.4, -0.2) is 23.5 Å². The second-order valence-electron chi connectivity index (χ2n) is 7.73. The number of rotatable bonds is 5. The number of allylic oxidation sites excluding steroid dienone is 3. The molecule has 1 atom stereocenters. The van der Waals surface area contributed by atoms with Crippen LogP contribution in [0.5, 0.6) is 5.75 Å². The molecule has 0 bridgehead atoms. The van der Waals surface area contributed by atoms with Gasteiger partial charge in [0.05, 0.1) is 12.2 Å². The molecule has 2 aliphatic rings. The molecule has 2 aromatic carbocycles. The predicted octanol–water partition coefficient (Wildman–Crippen LogP) is 4.15. The number of phenols is 1.